The minimum Gasteiger partial charge on any atom is -0.306 e. The molecule has 1 aromatic heterocycles. The van der Waals surface area contributed by atoms with Gasteiger partial charge in [-0.1, -0.05) is 6.07 Å². The number of rotatable bonds is 7. The lowest BCUT2D eigenvalue weighted by Gasteiger charge is -2.36. The monoisotopic (exact) mass is 380 g/mol. The Labute approximate surface area is 163 Å². The third kappa shape index (κ3) is 3.16. The van der Waals surface area contributed by atoms with E-state index in [9.17, 15) is 14.4 Å². The average Bonchev–Trinajstić information content (AvgIpc) is 2.94. The van der Waals surface area contributed by atoms with E-state index in [0.29, 0.717) is 24.3 Å². The molecule has 28 heavy (non-hydrogen) atoms. The van der Waals surface area contributed by atoms with Gasteiger partial charge in [0.15, 0.2) is 0 Å². The molecule has 1 N–H and O–H groups in total. The van der Waals surface area contributed by atoms with Crippen LogP contribution < -0.4 is 10.2 Å². The topological polar surface area (TPSA) is 82.6 Å². The Morgan fingerprint density at radius 3 is 2.86 bits per heavy atom. The van der Waals surface area contributed by atoms with Gasteiger partial charge >= 0.3 is 0 Å². The molecule has 7 nitrogen and oxygen atoms in total. The van der Waals surface area contributed by atoms with Crippen LogP contribution in [0.15, 0.2) is 24.4 Å². The number of amides is 3. The third-order valence-corrected chi connectivity index (χ3v) is 5.76. The van der Waals surface area contributed by atoms with Crippen molar-refractivity contribution in [2.45, 2.75) is 32.2 Å². The molecule has 146 valence electrons. The first kappa shape index (κ1) is 18.6. The zero-order valence-electron chi connectivity index (χ0n) is 16.1. The molecule has 1 fully saturated rings. The van der Waals surface area contributed by atoms with E-state index in [1.807, 2.05) is 25.1 Å². The molecule has 1 atom stereocenters. The lowest BCUT2D eigenvalue weighted by molar-refractivity contribution is -0.125. The normalized spacial score (nSPS) is 17.6. The summed E-state index contributed by atoms with van der Waals surface area (Å²) in [6.45, 7) is 4.11. The summed E-state index contributed by atoms with van der Waals surface area (Å²) in [7, 11) is 2.12. The second-order valence-electron chi connectivity index (χ2n) is 7.87. The van der Waals surface area contributed by atoms with E-state index in [-0.39, 0.29) is 24.3 Å². The van der Waals surface area contributed by atoms with E-state index in [2.05, 4.69) is 22.2 Å². The molecule has 2 aromatic rings. The van der Waals surface area contributed by atoms with Crippen molar-refractivity contribution < 1.29 is 14.4 Å². The molecule has 1 saturated heterocycles. The lowest BCUT2D eigenvalue weighted by Crippen LogP contribution is -2.44. The highest BCUT2D eigenvalue weighted by molar-refractivity contribution is 6.25. The smallest absolute Gasteiger partial charge is 0.259 e. The van der Waals surface area contributed by atoms with Crippen LogP contribution in [-0.2, 0) is 16.0 Å². The number of anilines is 1. The van der Waals surface area contributed by atoms with Gasteiger partial charge in [0.25, 0.3) is 5.91 Å². The van der Waals surface area contributed by atoms with E-state index in [4.69, 9.17) is 0 Å². The van der Waals surface area contributed by atoms with Gasteiger partial charge in [0.2, 0.25) is 12.3 Å². The van der Waals surface area contributed by atoms with Crippen LogP contribution in [0, 0.1) is 5.92 Å². The maximum Gasteiger partial charge on any atom is 0.259 e. The van der Waals surface area contributed by atoms with Gasteiger partial charge in [-0.2, -0.15) is 0 Å². The van der Waals surface area contributed by atoms with Gasteiger partial charge in [-0.25, -0.2) is 0 Å². The number of benzene rings is 1. The number of nitrogens with one attached hydrogen (secondary N) is 1. The van der Waals surface area contributed by atoms with Gasteiger partial charge < -0.3 is 9.80 Å². The van der Waals surface area contributed by atoms with Crippen molar-refractivity contribution in [3.05, 3.63) is 35.5 Å². The zero-order chi connectivity index (χ0) is 19.8. The van der Waals surface area contributed by atoms with E-state index in [1.165, 1.54) is 5.56 Å². The Bertz CT molecular complexity index is 952. The number of nitrogens with zero attached hydrogens (tertiary/aromatic N) is 3. The molecule has 7 heteroatoms. The fourth-order valence-corrected chi connectivity index (χ4v) is 4.40. The predicted octanol–water partition coefficient (Wildman–Crippen LogP) is 1.74. The highest BCUT2D eigenvalue weighted by atomic mass is 16.2. The number of pyridine rings is 1. The third-order valence-electron chi connectivity index (χ3n) is 5.76. The van der Waals surface area contributed by atoms with Crippen molar-refractivity contribution in [2.75, 3.05) is 25.0 Å². The summed E-state index contributed by atoms with van der Waals surface area (Å²) in [4.78, 5) is 43.7. The highest BCUT2D eigenvalue weighted by Gasteiger charge is 2.34. The number of carbonyl (C=O) groups excluding carboxylic acids is 3. The first-order valence-corrected chi connectivity index (χ1v) is 9.65. The molecular weight excluding hydrogens is 356 g/mol. The molecule has 1 aromatic carbocycles. The van der Waals surface area contributed by atoms with Crippen LogP contribution >= 0.6 is 0 Å². The van der Waals surface area contributed by atoms with Crippen LogP contribution in [0.25, 0.3) is 10.9 Å². The minimum atomic E-state index is -0.335. The first-order valence-electron chi connectivity index (χ1n) is 9.65. The van der Waals surface area contributed by atoms with Crippen molar-refractivity contribution in [1.29, 1.82) is 0 Å². The molecule has 2 aliphatic heterocycles. The van der Waals surface area contributed by atoms with Crippen molar-refractivity contribution >= 4 is 34.8 Å². The number of hydrogen-bond donors (Lipinski definition) is 1. The van der Waals surface area contributed by atoms with Gasteiger partial charge in [0.1, 0.15) is 0 Å². The van der Waals surface area contributed by atoms with Crippen molar-refractivity contribution in [3.8, 4) is 0 Å². The van der Waals surface area contributed by atoms with Crippen LogP contribution in [0.5, 0.6) is 0 Å². The molecule has 1 unspecified atom stereocenters. The maximum absolute atomic E-state index is 13.1. The van der Waals surface area contributed by atoms with Gasteiger partial charge in [-0.3, -0.25) is 24.7 Å². The fraction of sp³-hybridized carbons (Fsp3) is 0.429. The van der Waals surface area contributed by atoms with Gasteiger partial charge in [0, 0.05) is 37.1 Å². The Hall–Kier alpha value is -2.80. The number of likely N-dealkylation sites (tertiary alicyclic amines) is 1. The quantitative estimate of drug-likeness (QED) is 0.740. The van der Waals surface area contributed by atoms with E-state index < -0.39 is 0 Å². The zero-order valence-corrected chi connectivity index (χ0v) is 16.1. The maximum atomic E-state index is 13.1. The van der Waals surface area contributed by atoms with Crippen molar-refractivity contribution in [1.82, 2.24) is 15.2 Å². The van der Waals surface area contributed by atoms with Crippen LogP contribution in [0.3, 0.4) is 0 Å². The summed E-state index contributed by atoms with van der Waals surface area (Å²) in [6, 6.07) is 5.67. The Balaban J connectivity index is 1.61. The van der Waals surface area contributed by atoms with Crippen LogP contribution in [-0.4, -0.2) is 54.3 Å². The molecular formula is C21H24N4O3. The summed E-state index contributed by atoms with van der Waals surface area (Å²) in [6.07, 6.45) is 3.78. The Kier molecular flexibility index (Phi) is 4.85. The molecule has 2 aliphatic rings. The standard InChI is InChI=1S/C21H24N4O3/c1-13(3-6-18(27)23-12-26)25-17-7-8-22-20-15(9-14-10-24(2)11-14)4-5-16(19(17)20)21(25)28/h4-5,7-8,12-14H,3,6,9-11H2,1-2H3,(H,23,26,27). The van der Waals surface area contributed by atoms with Crippen molar-refractivity contribution in [2.24, 2.45) is 5.92 Å². The molecule has 0 saturated carbocycles. The van der Waals surface area contributed by atoms with Gasteiger partial charge in [0.05, 0.1) is 16.8 Å². The van der Waals surface area contributed by atoms with Crippen LogP contribution in [0.4, 0.5) is 5.69 Å². The van der Waals surface area contributed by atoms with Crippen LogP contribution in [0.1, 0.15) is 35.7 Å². The second-order valence-corrected chi connectivity index (χ2v) is 7.87. The van der Waals surface area contributed by atoms with E-state index in [0.717, 1.165) is 36.1 Å². The fourth-order valence-electron chi connectivity index (χ4n) is 4.40. The largest absolute Gasteiger partial charge is 0.306 e. The molecule has 0 bridgehead atoms. The Morgan fingerprint density at radius 2 is 2.14 bits per heavy atom. The average molecular weight is 380 g/mol. The Morgan fingerprint density at radius 1 is 1.36 bits per heavy atom. The van der Waals surface area contributed by atoms with Crippen molar-refractivity contribution in [3.63, 3.8) is 0 Å². The van der Waals surface area contributed by atoms with E-state index in [1.54, 1.807) is 11.1 Å². The highest BCUT2D eigenvalue weighted by Crippen LogP contribution is 2.40. The molecule has 3 amide bonds. The molecule has 4 rings (SSSR count). The molecule has 0 spiro atoms. The molecule has 3 heterocycles. The van der Waals surface area contributed by atoms with E-state index >= 15 is 0 Å². The lowest BCUT2D eigenvalue weighted by atomic mass is 9.91. The summed E-state index contributed by atoms with van der Waals surface area (Å²) >= 11 is 0. The number of carbonyl (C=O) groups is 3. The number of hydrogen-bond acceptors (Lipinski definition) is 5. The van der Waals surface area contributed by atoms with Crippen LogP contribution in [0.2, 0.25) is 0 Å². The molecule has 0 radical (unpaired) electrons. The predicted molar refractivity (Wildman–Crippen MR) is 106 cm³/mol. The van der Waals surface area contributed by atoms with Gasteiger partial charge in [-0.15, -0.1) is 0 Å². The number of aromatic nitrogens is 1. The first-order chi connectivity index (χ1) is 13.5. The number of imide groups is 1. The van der Waals surface area contributed by atoms with Gasteiger partial charge in [-0.05, 0) is 50.4 Å². The molecule has 0 aliphatic carbocycles. The summed E-state index contributed by atoms with van der Waals surface area (Å²) in [5.74, 6) is 0.247. The minimum absolute atomic E-state index is 0.0498. The summed E-state index contributed by atoms with van der Waals surface area (Å²) in [5.41, 5.74) is 3.63. The summed E-state index contributed by atoms with van der Waals surface area (Å²) in [5, 5.41) is 3.06. The summed E-state index contributed by atoms with van der Waals surface area (Å²) < 4.78 is 0. The SMILES string of the molecule is CC(CCC(=O)NC=O)N1C(=O)c2ccc(CC3CN(C)C3)c3nccc1c23. The second kappa shape index (κ2) is 7.31.